The lowest BCUT2D eigenvalue weighted by molar-refractivity contribution is -0.139. The number of carboxylic acids is 1. The Balaban J connectivity index is 2.84. The van der Waals surface area contributed by atoms with Crippen molar-refractivity contribution in [1.82, 2.24) is 10.6 Å². The van der Waals surface area contributed by atoms with E-state index in [-0.39, 0.29) is 0 Å². The van der Waals surface area contributed by atoms with Gasteiger partial charge in [0.15, 0.2) is 6.04 Å². The molecule has 0 heterocycles. The summed E-state index contributed by atoms with van der Waals surface area (Å²) in [4.78, 5) is 21.9. The van der Waals surface area contributed by atoms with Crippen LogP contribution >= 0.6 is 0 Å². The second-order valence-corrected chi connectivity index (χ2v) is 2.91. The molecular weight excluding hydrogens is 196 g/mol. The number of urea groups is 1. The van der Waals surface area contributed by atoms with Crippen LogP contribution in [0.5, 0.6) is 0 Å². The number of benzene rings is 1. The quantitative estimate of drug-likeness (QED) is 0.685. The standard InChI is InChI=1S/C10H12N2O3/c1-11-10(15)12-8(9(13)14)7-5-3-2-4-6-7/h2-6,8H,1H3,(H,13,14)(H2,11,12,15)/t8-/m0/s1. The van der Waals surface area contributed by atoms with Crippen molar-refractivity contribution < 1.29 is 14.7 Å². The molecule has 5 nitrogen and oxygen atoms in total. The van der Waals surface area contributed by atoms with E-state index in [1.807, 2.05) is 0 Å². The first-order valence-electron chi connectivity index (χ1n) is 4.41. The van der Waals surface area contributed by atoms with Crippen molar-refractivity contribution in [2.45, 2.75) is 6.04 Å². The molecule has 0 aliphatic heterocycles. The number of carboxylic acid groups (broad SMARTS) is 1. The van der Waals surface area contributed by atoms with Crippen LogP contribution in [0.3, 0.4) is 0 Å². The molecule has 0 aliphatic carbocycles. The number of rotatable bonds is 3. The van der Waals surface area contributed by atoms with E-state index in [2.05, 4.69) is 10.6 Å². The third-order valence-electron chi connectivity index (χ3n) is 1.88. The van der Waals surface area contributed by atoms with Gasteiger partial charge in [-0.15, -0.1) is 0 Å². The molecule has 1 aromatic carbocycles. The van der Waals surface area contributed by atoms with E-state index in [0.717, 1.165) is 0 Å². The van der Waals surface area contributed by atoms with E-state index in [1.54, 1.807) is 30.3 Å². The van der Waals surface area contributed by atoms with Gasteiger partial charge in [0.05, 0.1) is 0 Å². The lowest BCUT2D eigenvalue weighted by Crippen LogP contribution is -2.39. The van der Waals surface area contributed by atoms with Gasteiger partial charge in [-0.2, -0.15) is 0 Å². The highest BCUT2D eigenvalue weighted by molar-refractivity contribution is 5.83. The molecule has 0 aliphatic rings. The van der Waals surface area contributed by atoms with E-state index in [9.17, 15) is 9.59 Å². The van der Waals surface area contributed by atoms with Crippen molar-refractivity contribution in [2.75, 3.05) is 7.05 Å². The molecule has 3 N–H and O–H groups in total. The van der Waals surface area contributed by atoms with E-state index in [4.69, 9.17) is 5.11 Å². The largest absolute Gasteiger partial charge is 0.479 e. The SMILES string of the molecule is CNC(=O)N[C@H](C(=O)O)c1ccccc1. The Labute approximate surface area is 87.1 Å². The van der Waals surface area contributed by atoms with Crippen LogP contribution < -0.4 is 10.6 Å². The monoisotopic (exact) mass is 208 g/mol. The highest BCUT2D eigenvalue weighted by atomic mass is 16.4. The van der Waals surface area contributed by atoms with Crippen LogP contribution in [-0.2, 0) is 4.79 Å². The first kappa shape index (κ1) is 11.0. The van der Waals surface area contributed by atoms with Crippen LogP contribution in [-0.4, -0.2) is 24.2 Å². The van der Waals surface area contributed by atoms with E-state index >= 15 is 0 Å². The predicted octanol–water partition coefficient (Wildman–Crippen LogP) is 0.741. The average molecular weight is 208 g/mol. The zero-order valence-corrected chi connectivity index (χ0v) is 8.23. The van der Waals surface area contributed by atoms with Crippen LogP contribution in [0.1, 0.15) is 11.6 Å². The molecule has 15 heavy (non-hydrogen) atoms. The number of hydrogen-bond donors (Lipinski definition) is 3. The van der Waals surface area contributed by atoms with Gasteiger partial charge >= 0.3 is 12.0 Å². The molecule has 2 amide bonds. The van der Waals surface area contributed by atoms with Crippen molar-refractivity contribution in [3.05, 3.63) is 35.9 Å². The van der Waals surface area contributed by atoms with E-state index < -0.39 is 18.0 Å². The predicted molar refractivity (Wildman–Crippen MR) is 54.4 cm³/mol. The Morgan fingerprint density at radius 2 is 1.87 bits per heavy atom. The van der Waals surface area contributed by atoms with Crippen LogP contribution in [0.4, 0.5) is 4.79 Å². The Morgan fingerprint density at radius 1 is 1.27 bits per heavy atom. The highest BCUT2D eigenvalue weighted by Gasteiger charge is 2.20. The van der Waals surface area contributed by atoms with Crippen molar-refractivity contribution in [3.63, 3.8) is 0 Å². The molecule has 0 saturated heterocycles. The zero-order chi connectivity index (χ0) is 11.3. The molecule has 1 atom stereocenters. The number of hydrogen-bond acceptors (Lipinski definition) is 2. The van der Waals surface area contributed by atoms with Gasteiger partial charge in [0, 0.05) is 7.05 Å². The maximum atomic E-state index is 11.0. The molecule has 1 rings (SSSR count). The van der Waals surface area contributed by atoms with Gasteiger partial charge in [-0.1, -0.05) is 30.3 Å². The Hall–Kier alpha value is -2.04. The van der Waals surface area contributed by atoms with Crippen LogP contribution in [0.2, 0.25) is 0 Å². The third-order valence-corrected chi connectivity index (χ3v) is 1.88. The first-order chi connectivity index (χ1) is 7.15. The Bertz CT molecular complexity index is 351. The highest BCUT2D eigenvalue weighted by Crippen LogP contribution is 2.12. The second-order valence-electron chi connectivity index (χ2n) is 2.91. The molecule has 0 spiro atoms. The minimum Gasteiger partial charge on any atom is -0.479 e. The molecule has 5 heteroatoms. The second kappa shape index (κ2) is 4.99. The van der Waals surface area contributed by atoms with Crippen molar-refractivity contribution in [1.29, 1.82) is 0 Å². The van der Waals surface area contributed by atoms with Gasteiger partial charge in [-0.3, -0.25) is 0 Å². The summed E-state index contributed by atoms with van der Waals surface area (Å²) in [6.07, 6.45) is 0. The first-order valence-corrected chi connectivity index (χ1v) is 4.41. The van der Waals surface area contributed by atoms with E-state index in [1.165, 1.54) is 7.05 Å². The fourth-order valence-electron chi connectivity index (χ4n) is 1.14. The summed E-state index contributed by atoms with van der Waals surface area (Å²) in [7, 11) is 1.43. The number of amides is 2. The smallest absolute Gasteiger partial charge is 0.330 e. The molecular formula is C10H12N2O3. The maximum Gasteiger partial charge on any atom is 0.330 e. The van der Waals surface area contributed by atoms with Crippen LogP contribution in [0.25, 0.3) is 0 Å². The lowest BCUT2D eigenvalue weighted by atomic mass is 10.1. The molecule has 1 aromatic rings. The zero-order valence-electron chi connectivity index (χ0n) is 8.23. The number of carbonyl (C=O) groups is 2. The lowest BCUT2D eigenvalue weighted by Gasteiger charge is -2.14. The normalized spacial score (nSPS) is 11.5. The van der Waals surface area contributed by atoms with Crippen molar-refractivity contribution in [2.24, 2.45) is 0 Å². The van der Waals surface area contributed by atoms with Gasteiger partial charge < -0.3 is 15.7 Å². The summed E-state index contributed by atoms with van der Waals surface area (Å²) in [6.45, 7) is 0. The summed E-state index contributed by atoms with van der Waals surface area (Å²) in [5.41, 5.74) is 0.536. The minimum absolute atomic E-state index is 0.522. The summed E-state index contributed by atoms with van der Waals surface area (Å²) in [6, 6.07) is 6.97. The summed E-state index contributed by atoms with van der Waals surface area (Å²) < 4.78 is 0. The Kier molecular flexibility index (Phi) is 3.68. The average Bonchev–Trinajstić information content (AvgIpc) is 2.26. The topological polar surface area (TPSA) is 78.4 Å². The molecule has 0 bridgehead atoms. The van der Waals surface area contributed by atoms with Gasteiger partial charge in [0.2, 0.25) is 0 Å². The Morgan fingerprint density at radius 3 is 2.33 bits per heavy atom. The van der Waals surface area contributed by atoms with Crippen LogP contribution in [0.15, 0.2) is 30.3 Å². The number of nitrogens with one attached hydrogen (secondary N) is 2. The fourth-order valence-corrected chi connectivity index (χ4v) is 1.14. The van der Waals surface area contributed by atoms with Gasteiger partial charge in [-0.25, -0.2) is 9.59 Å². The number of aliphatic carboxylic acids is 1. The maximum absolute atomic E-state index is 11.0. The molecule has 80 valence electrons. The molecule has 0 aromatic heterocycles. The fraction of sp³-hybridized carbons (Fsp3) is 0.200. The summed E-state index contributed by atoms with van der Waals surface area (Å²) >= 11 is 0. The molecule has 0 fully saturated rings. The molecule has 0 saturated carbocycles. The van der Waals surface area contributed by atoms with Crippen LogP contribution in [0, 0.1) is 0 Å². The minimum atomic E-state index is -1.09. The van der Waals surface area contributed by atoms with Gasteiger partial charge in [0.25, 0.3) is 0 Å². The summed E-state index contributed by atoms with van der Waals surface area (Å²) in [5, 5.41) is 13.6. The number of carbonyl (C=O) groups excluding carboxylic acids is 1. The van der Waals surface area contributed by atoms with E-state index in [0.29, 0.717) is 5.56 Å². The van der Waals surface area contributed by atoms with Crippen molar-refractivity contribution in [3.8, 4) is 0 Å². The molecule has 0 unspecified atom stereocenters. The van der Waals surface area contributed by atoms with Gasteiger partial charge in [-0.05, 0) is 5.56 Å². The summed E-state index contributed by atoms with van der Waals surface area (Å²) in [5.74, 6) is -1.09. The van der Waals surface area contributed by atoms with Gasteiger partial charge in [0.1, 0.15) is 0 Å². The van der Waals surface area contributed by atoms with Crippen molar-refractivity contribution >= 4 is 12.0 Å². The molecule has 0 radical (unpaired) electrons. The third kappa shape index (κ3) is 2.98.